The summed E-state index contributed by atoms with van der Waals surface area (Å²) in [4.78, 5) is 2.14. The monoisotopic (exact) mass is 263 g/mol. The van der Waals surface area contributed by atoms with E-state index in [1.54, 1.807) is 6.07 Å². The number of rotatable bonds is 7. The van der Waals surface area contributed by atoms with Crippen molar-refractivity contribution >= 4 is 0 Å². The summed E-state index contributed by atoms with van der Waals surface area (Å²) < 4.78 is 13.4. The van der Waals surface area contributed by atoms with Crippen molar-refractivity contribution in [2.45, 2.75) is 38.8 Å². The van der Waals surface area contributed by atoms with Crippen LogP contribution in [0.1, 0.15) is 38.3 Å². The Bertz CT molecular complexity index is 428. The third kappa shape index (κ3) is 4.30. The minimum absolute atomic E-state index is 0.0425. The van der Waals surface area contributed by atoms with Crippen LogP contribution in [0.3, 0.4) is 0 Å². The van der Waals surface area contributed by atoms with Gasteiger partial charge in [-0.3, -0.25) is 4.90 Å². The Morgan fingerprint density at radius 1 is 1.42 bits per heavy atom. The molecule has 104 valence electrons. The van der Waals surface area contributed by atoms with Crippen molar-refractivity contribution in [1.82, 2.24) is 4.90 Å². The number of hydrogen-bond acceptors (Lipinski definition) is 3. The molecular formula is C15H22FN3. The second-order valence-corrected chi connectivity index (χ2v) is 4.61. The highest BCUT2D eigenvalue weighted by atomic mass is 19.1. The fourth-order valence-corrected chi connectivity index (χ4v) is 2.33. The van der Waals surface area contributed by atoms with Gasteiger partial charge < -0.3 is 5.73 Å². The van der Waals surface area contributed by atoms with E-state index in [0.717, 1.165) is 18.5 Å². The van der Waals surface area contributed by atoms with Gasteiger partial charge in [-0.25, -0.2) is 4.39 Å². The number of halogens is 1. The van der Waals surface area contributed by atoms with Crippen LogP contribution < -0.4 is 5.73 Å². The van der Waals surface area contributed by atoms with Crippen LogP contribution in [0.2, 0.25) is 0 Å². The van der Waals surface area contributed by atoms with Crippen LogP contribution >= 0.6 is 0 Å². The number of nitriles is 1. The van der Waals surface area contributed by atoms with E-state index in [1.807, 2.05) is 19.9 Å². The highest BCUT2D eigenvalue weighted by Gasteiger charge is 2.24. The van der Waals surface area contributed by atoms with Crippen LogP contribution in [-0.4, -0.2) is 24.0 Å². The Balaban J connectivity index is 3.02. The number of benzene rings is 1. The smallest absolute Gasteiger partial charge is 0.123 e. The summed E-state index contributed by atoms with van der Waals surface area (Å²) in [6.45, 7) is 5.50. The first-order valence-corrected chi connectivity index (χ1v) is 6.76. The molecule has 1 aromatic rings. The lowest BCUT2D eigenvalue weighted by atomic mass is 9.96. The zero-order valence-corrected chi connectivity index (χ0v) is 11.6. The Hall–Kier alpha value is -1.44. The van der Waals surface area contributed by atoms with Crippen LogP contribution in [0.5, 0.6) is 0 Å². The van der Waals surface area contributed by atoms with Gasteiger partial charge >= 0.3 is 0 Å². The van der Waals surface area contributed by atoms with Crippen LogP contribution in [0.4, 0.5) is 4.39 Å². The third-order valence-corrected chi connectivity index (χ3v) is 3.38. The summed E-state index contributed by atoms with van der Waals surface area (Å²) in [6, 6.07) is 8.62. The maximum atomic E-state index is 13.4. The van der Waals surface area contributed by atoms with E-state index in [1.165, 1.54) is 12.1 Å². The maximum Gasteiger partial charge on any atom is 0.123 e. The Morgan fingerprint density at radius 2 is 2.16 bits per heavy atom. The molecule has 0 bridgehead atoms. The molecule has 0 radical (unpaired) electrons. The molecule has 4 heteroatoms. The highest BCUT2D eigenvalue weighted by Crippen LogP contribution is 2.25. The van der Waals surface area contributed by atoms with Gasteiger partial charge in [0.2, 0.25) is 0 Å². The maximum absolute atomic E-state index is 13.4. The molecule has 0 aromatic heterocycles. The second kappa shape index (κ2) is 7.88. The van der Waals surface area contributed by atoms with Crippen molar-refractivity contribution in [3.8, 4) is 6.07 Å². The van der Waals surface area contributed by atoms with Crippen molar-refractivity contribution in [2.24, 2.45) is 5.73 Å². The van der Waals surface area contributed by atoms with Crippen molar-refractivity contribution in [3.63, 3.8) is 0 Å². The lowest BCUT2D eigenvalue weighted by molar-refractivity contribution is 0.181. The molecule has 0 heterocycles. The van der Waals surface area contributed by atoms with Crippen molar-refractivity contribution < 1.29 is 4.39 Å². The van der Waals surface area contributed by atoms with Crippen LogP contribution in [0, 0.1) is 17.1 Å². The summed E-state index contributed by atoms with van der Waals surface area (Å²) in [6.07, 6.45) is 1.26. The third-order valence-electron chi connectivity index (χ3n) is 3.38. The Kier molecular flexibility index (Phi) is 6.48. The summed E-state index contributed by atoms with van der Waals surface area (Å²) in [7, 11) is 0. The van der Waals surface area contributed by atoms with Gasteiger partial charge in [-0.1, -0.05) is 26.0 Å². The van der Waals surface area contributed by atoms with Crippen LogP contribution in [0.25, 0.3) is 0 Å². The average molecular weight is 263 g/mol. The first-order chi connectivity index (χ1) is 9.13. The SMILES string of the molecule is CCC(N)C(c1cccc(F)c1)N(CC)CCC#N. The van der Waals surface area contributed by atoms with E-state index in [-0.39, 0.29) is 17.9 Å². The molecule has 2 atom stereocenters. The molecule has 0 saturated carbocycles. The average Bonchev–Trinajstić information content (AvgIpc) is 2.42. The second-order valence-electron chi connectivity index (χ2n) is 4.61. The lowest BCUT2D eigenvalue weighted by Crippen LogP contribution is -2.41. The fourth-order valence-electron chi connectivity index (χ4n) is 2.33. The summed E-state index contributed by atoms with van der Waals surface area (Å²) in [5.74, 6) is -0.248. The molecule has 0 fully saturated rings. The Labute approximate surface area is 114 Å². The van der Waals surface area contributed by atoms with E-state index in [0.29, 0.717) is 13.0 Å². The van der Waals surface area contributed by atoms with Gasteiger partial charge in [-0.15, -0.1) is 0 Å². The molecule has 0 aliphatic rings. The molecule has 1 rings (SSSR count). The topological polar surface area (TPSA) is 53.0 Å². The van der Waals surface area contributed by atoms with Gasteiger partial charge in [0.15, 0.2) is 0 Å². The predicted molar refractivity (Wildman–Crippen MR) is 74.9 cm³/mol. The molecule has 2 N–H and O–H groups in total. The fraction of sp³-hybridized carbons (Fsp3) is 0.533. The predicted octanol–water partition coefficient (Wildman–Crippen LogP) is 2.84. The molecule has 2 unspecified atom stereocenters. The molecule has 3 nitrogen and oxygen atoms in total. The first kappa shape index (κ1) is 15.6. The van der Waals surface area contributed by atoms with E-state index < -0.39 is 0 Å². The molecule has 0 aliphatic carbocycles. The van der Waals surface area contributed by atoms with Crippen molar-refractivity contribution in [1.29, 1.82) is 5.26 Å². The zero-order valence-electron chi connectivity index (χ0n) is 11.6. The standard InChI is InChI=1S/C15H22FN3/c1-3-14(18)15(19(4-2)10-6-9-17)12-7-5-8-13(16)11-12/h5,7-8,11,14-15H,3-4,6,10,18H2,1-2H3. The van der Waals surface area contributed by atoms with Crippen molar-refractivity contribution in [3.05, 3.63) is 35.6 Å². The van der Waals surface area contributed by atoms with Crippen LogP contribution in [0.15, 0.2) is 24.3 Å². The number of nitrogens with two attached hydrogens (primary N) is 1. The molecule has 0 saturated heterocycles. The minimum atomic E-state index is -0.248. The number of nitrogens with zero attached hydrogens (tertiary/aromatic N) is 2. The minimum Gasteiger partial charge on any atom is -0.326 e. The van der Waals surface area contributed by atoms with Gasteiger partial charge in [0, 0.05) is 25.0 Å². The zero-order chi connectivity index (χ0) is 14.3. The van der Waals surface area contributed by atoms with E-state index >= 15 is 0 Å². The lowest BCUT2D eigenvalue weighted by Gasteiger charge is -2.34. The number of likely N-dealkylation sites (N-methyl/N-ethyl adjacent to an activating group) is 1. The highest BCUT2D eigenvalue weighted by molar-refractivity contribution is 5.22. The number of hydrogen-bond donors (Lipinski definition) is 1. The quantitative estimate of drug-likeness (QED) is 0.823. The van der Waals surface area contributed by atoms with Gasteiger partial charge in [0.05, 0.1) is 6.07 Å². The normalized spacial score (nSPS) is 14.1. The summed E-state index contributed by atoms with van der Waals surface area (Å²) in [5, 5.41) is 8.74. The molecule has 1 aromatic carbocycles. The molecule has 0 aliphatic heterocycles. The molecule has 0 spiro atoms. The molecule has 0 amide bonds. The van der Waals surface area contributed by atoms with Gasteiger partial charge in [-0.05, 0) is 30.7 Å². The van der Waals surface area contributed by atoms with E-state index in [2.05, 4.69) is 11.0 Å². The van der Waals surface area contributed by atoms with Crippen LogP contribution in [-0.2, 0) is 0 Å². The van der Waals surface area contributed by atoms with Gasteiger partial charge in [0.1, 0.15) is 5.82 Å². The van der Waals surface area contributed by atoms with Gasteiger partial charge in [-0.2, -0.15) is 5.26 Å². The summed E-state index contributed by atoms with van der Waals surface area (Å²) >= 11 is 0. The molecule has 19 heavy (non-hydrogen) atoms. The summed E-state index contributed by atoms with van der Waals surface area (Å²) in [5.41, 5.74) is 7.08. The Morgan fingerprint density at radius 3 is 2.68 bits per heavy atom. The van der Waals surface area contributed by atoms with Crippen molar-refractivity contribution in [2.75, 3.05) is 13.1 Å². The van der Waals surface area contributed by atoms with E-state index in [4.69, 9.17) is 11.0 Å². The van der Waals surface area contributed by atoms with Gasteiger partial charge in [0.25, 0.3) is 0 Å². The van der Waals surface area contributed by atoms with E-state index in [9.17, 15) is 4.39 Å². The first-order valence-electron chi connectivity index (χ1n) is 6.76. The largest absolute Gasteiger partial charge is 0.326 e. The molecular weight excluding hydrogens is 241 g/mol.